The molecule has 0 aliphatic carbocycles. The van der Waals surface area contributed by atoms with E-state index in [4.69, 9.17) is 0 Å². The van der Waals surface area contributed by atoms with Crippen LogP contribution in [-0.4, -0.2) is 0 Å². The van der Waals surface area contributed by atoms with Crippen molar-refractivity contribution >= 4 is 0 Å². The monoisotopic (exact) mass is 238 g/mol. The molecule has 0 saturated heterocycles. The summed E-state index contributed by atoms with van der Waals surface area (Å²) in [7, 11) is 0. The first-order chi connectivity index (χ1) is 8.72. The highest BCUT2D eigenvalue weighted by molar-refractivity contribution is 5.29. The number of hydrogen-bond acceptors (Lipinski definition) is 0. The van der Waals surface area contributed by atoms with Crippen LogP contribution in [0.25, 0.3) is 0 Å². The van der Waals surface area contributed by atoms with E-state index < -0.39 is 0 Å². The molecule has 0 fully saturated rings. The Bertz CT molecular complexity index is 467. The van der Waals surface area contributed by atoms with Gasteiger partial charge in [0, 0.05) is 0 Å². The second-order valence-electron chi connectivity index (χ2n) is 5.08. The Kier molecular flexibility index (Phi) is 4.19. The normalized spacial score (nSPS) is 14.2. The molecule has 2 aromatic carbocycles. The summed E-state index contributed by atoms with van der Waals surface area (Å²) >= 11 is 0. The molecule has 94 valence electrons. The number of aryl methyl sites for hydroxylation is 1. The van der Waals surface area contributed by atoms with Gasteiger partial charge in [0.2, 0.25) is 0 Å². The first-order valence-corrected chi connectivity index (χ1v) is 6.86. The fraction of sp³-hybridized carbons (Fsp3) is 0.333. The lowest BCUT2D eigenvalue weighted by atomic mass is 9.84. The molecule has 2 atom stereocenters. The maximum Gasteiger partial charge on any atom is -0.0124 e. The molecule has 0 amide bonds. The minimum absolute atomic E-state index is 0.554. The quantitative estimate of drug-likeness (QED) is 0.690. The van der Waals surface area contributed by atoms with Crippen LogP contribution in [0, 0.1) is 0 Å². The van der Waals surface area contributed by atoms with E-state index in [0.717, 1.165) is 6.42 Å². The first-order valence-electron chi connectivity index (χ1n) is 6.86. The smallest absolute Gasteiger partial charge is 0.0124 e. The predicted octanol–water partition coefficient (Wildman–Crippen LogP) is 5.16. The van der Waals surface area contributed by atoms with Crippen molar-refractivity contribution in [3.63, 3.8) is 0 Å². The van der Waals surface area contributed by atoms with Gasteiger partial charge in [0.15, 0.2) is 0 Å². The van der Waals surface area contributed by atoms with Crippen LogP contribution in [0.5, 0.6) is 0 Å². The zero-order valence-electron chi connectivity index (χ0n) is 11.6. The number of hydrogen-bond donors (Lipinski definition) is 0. The summed E-state index contributed by atoms with van der Waals surface area (Å²) in [5.74, 6) is 1.11. The van der Waals surface area contributed by atoms with Crippen LogP contribution in [0.4, 0.5) is 0 Å². The van der Waals surface area contributed by atoms with Gasteiger partial charge < -0.3 is 0 Å². The Morgan fingerprint density at radius 1 is 0.722 bits per heavy atom. The van der Waals surface area contributed by atoms with Crippen molar-refractivity contribution < 1.29 is 0 Å². The molecule has 0 bridgehead atoms. The van der Waals surface area contributed by atoms with E-state index in [1.54, 1.807) is 0 Å². The summed E-state index contributed by atoms with van der Waals surface area (Å²) in [6.45, 7) is 6.83. The lowest BCUT2D eigenvalue weighted by Crippen LogP contribution is -2.04. The second kappa shape index (κ2) is 5.86. The van der Waals surface area contributed by atoms with Crippen LogP contribution in [0.1, 0.15) is 49.3 Å². The maximum absolute atomic E-state index is 2.32. The van der Waals surface area contributed by atoms with E-state index in [1.165, 1.54) is 16.7 Å². The van der Waals surface area contributed by atoms with E-state index >= 15 is 0 Å². The highest BCUT2D eigenvalue weighted by Gasteiger charge is 2.15. The summed E-state index contributed by atoms with van der Waals surface area (Å²) < 4.78 is 0. The Morgan fingerprint density at radius 2 is 1.22 bits per heavy atom. The first kappa shape index (κ1) is 12.9. The molecule has 0 heteroatoms. The Labute approximate surface area is 111 Å². The third kappa shape index (κ3) is 2.81. The van der Waals surface area contributed by atoms with Gasteiger partial charge in [0.1, 0.15) is 0 Å². The molecule has 2 rings (SSSR count). The van der Waals surface area contributed by atoms with E-state index in [1.807, 2.05) is 0 Å². The number of benzene rings is 2. The molecule has 2 aromatic rings. The molecule has 0 aromatic heterocycles. The molecule has 0 spiro atoms. The minimum atomic E-state index is 0.554. The van der Waals surface area contributed by atoms with Crippen molar-refractivity contribution in [2.75, 3.05) is 0 Å². The highest BCUT2D eigenvalue weighted by atomic mass is 14.2. The lowest BCUT2D eigenvalue weighted by molar-refractivity contribution is 0.623. The molecular formula is C18H22. The Balaban J connectivity index is 2.17. The third-order valence-corrected chi connectivity index (χ3v) is 3.99. The van der Waals surface area contributed by atoms with Gasteiger partial charge in [0.05, 0.1) is 0 Å². The molecule has 0 saturated carbocycles. The van der Waals surface area contributed by atoms with Gasteiger partial charge in [-0.1, -0.05) is 75.4 Å². The summed E-state index contributed by atoms with van der Waals surface area (Å²) in [6.07, 6.45) is 1.11. The molecule has 18 heavy (non-hydrogen) atoms. The van der Waals surface area contributed by atoms with Gasteiger partial charge in [-0.25, -0.2) is 0 Å². The van der Waals surface area contributed by atoms with Crippen molar-refractivity contribution in [2.24, 2.45) is 0 Å². The molecular weight excluding hydrogens is 216 g/mol. The minimum Gasteiger partial charge on any atom is -0.0622 e. The molecule has 2 unspecified atom stereocenters. The van der Waals surface area contributed by atoms with Crippen molar-refractivity contribution in [3.05, 3.63) is 71.3 Å². The van der Waals surface area contributed by atoms with Crippen molar-refractivity contribution in [2.45, 2.75) is 39.0 Å². The average Bonchev–Trinajstić information content (AvgIpc) is 2.47. The van der Waals surface area contributed by atoms with Crippen LogP contribution < -0.4 is 0 Å². The van der Waals surface area contributed by atoms with Gasteiger partial charge in [-0.05, 0) is 34.9 Å². The zero-order valence-corrected chi connectivity index (χ0v) is 11.6. The Morgan fingerprint density at radius 3 is 1.72 bits per heavy atom. The molecule has 0 radical (unpaired) electrons. The fourth-order valence-electron chi connectivity index (χ4n) is 2.39. The SMILES string of the molecule is CCc1ccc(C(C)C(C)c2ccccc2)cc1. The molecule has 0 aliphatic rings. The largest absolute Gasteiger partial charge is 0.0622 e. The van der Waals surface area contributed by atoms with Crippen LogP contribution in [0.2, 0.25) is 0 Å². The van der Waals surface area contributed by atoms with Gasteiger partial charge in [0.25, 0.3) is 0 Å². The van der Waals surface area contributed by atoms with Crippen molar-refractivity contribution in [1.82, 2.24) is 0 Å². The summed E-state index contributed by atoms with van der Waals surface area (Å²) in [6, 6.07) is 19.8. The zero-order chi connectivity index (χ0) is 13.0. The molecule has 0 nitrogen and oxygen atoms in total. The summed E-state index contributed by atoms with van der Waals surface area (Å²) in [5, 5.41) is 0. The van der Waals surface area contributed by atoms with E-state index in [-0.39, 0.29) is 0 Å². The standard InChI is InChI=1S/C18H22/c1-4-16-10-12-18(13-11-16)15(3)14(2)17-8-6-5-7-9-17/h5-15H,4H2,1-3H3. The van der Waals surface area contributed by atoms with Gasteiger partial charge in [-0.15, -0.1) is 0 Å². The van der Waals surface area contributed by atoms with Gasteiger partial charge >= 0.3 is 0 Å². The van der Waals surface area contributed by atoms with Crippen LogP contribution >= 0.6 is 0 Å². The summed E-state index contributed by atoms with van der Waals surface area (Å²) in [5.41, 5.74) is 4.27. The third-order valence-electron chi connectivity index (χ3n) is 3.99. The number of rotatable bonds is 4. The summed E-state index contributed by atoms with van der Waals surface area (Å²) in [4.78, 5) is 0. The van der Waals surface area contributed by atoms with E-state index in [0.29, 0.717) is 11.8 Å². The van der Waals surface area contributed by atoms with Gasteiger partial charge in [-0.2, -0.15) is 0 Å². The van der Waals surface area contributed by atoms with E-state index in [9.17, 15) is 0 Å². The van der Waals surface area contributed by atoms with Crippen molar-refractivity contribution in [1.29, 1.82) is 0 Å². The van der Waals surface area contributed by atoms with E-state index in [2.05, 4.69) is 75.4 Å². The fourth-order valence-corrected chi connectivity index (χ4v) is 2.39. The Hall–Kier alpha value is -1.56. The van der Waals surface area contributed by atoms with Crippen LogP contribution in [0.15, 0.2) is 54.6 Å². The predicted molar refractivity (Wildman–Crippen MR) is 79.1 cm³/mol. The lowest BCUT2D eigenvalue weighted by Gasteiger charge is -2.21. The second-order valence-corrected chi connectivity index (χ2v) is 5.08. The van der Waals surface area contributed by atoms with Crippen LogP contribution in [-0.2, 0) is 6.42 Å². The maximum atomic E-state index is 2.32. The molecule has 0 N–H and O–H groups in total. The van der Waals surface area contributed by atoms with Gasteiger partial charge in [-0.3, -0.25) is 0 Å². The van der Waals surface area contributed by atoms with Crippen molar-refractivity contribution in [3.8, 4) is 0 Å². The molecule has 0 heterocycles. The molecule has 0 aliphatic heterocycles. The van der Waals surface area contributed by atoms with Crippen LogP contribution in [0.3, 0.4) is 0 Å². The average molecular weight is 238 g/mol. The topological polar surface area (TPSA) is 0 Å². The highest BCUT2D eigenvalue weighted by Crippen LogP contribution is 2.32.